The zero-order valence-electron chi connectivity index (χ0n) is 13.5. The third-order valence-electron chi connectivity index (χ3n) is 4.37. The first-order chi connectivity index (χ1) is 9.93. The zero-order valence-corrected chi connectivity index (χ0v) is 13.5. The Morgan fingerprint density at radius 1 is 1.29 bits per heavy atom. The Hall–Kier alpha value is -1.26. The van der Waals surface area contributed by atoms with Gasteiger partial charge in [-0.25, -0.2) is 4.79 Å². The molecular weight excluding hydrogens is 268 g/mol. The number of carboxylic acid groups (broad SMARTS) is 1. The van der Waals surface area contributed by atoms with Crippen molar-refractivity contribution >= 4 is 12.0 Å². The van der Waals surface area contributed by atoms with Crippen LogP contribution in [0.4, 0.5) is 4.79 Å². The first-order valence-corrected chi connectivity index (χ1v) is 8.20. The molecule has 0 aromatic carbocycles. The molecule has 0 bridgehead atoms. The monoisotopic (exact) mass is 298 g/mol. The Morgan fingerprint density at radius 3 is 2.57 bits per heavy atom. The molecule has 3 N–H and O–H groups in total. The van der Waals surface area contributed by atoms with Crippen LogP contribution in [-0.2, 0) is 4.79 Å². The summed E-state index contributed by atoms with van der Waals surface area (Å²) in [6.45, 7) is 6.98. The number of amides is 2. The third-order valence-corrected chi connectivity index (χ3v) is 4.37. The van der Waals surface area contributed by atoms with Crippen LogP contribution in [0, 0.1) is 17.8 Å². The Balaban J connectivity index is 2.15. The molecule has 0 aromatic heterocycles. The molecule has 5 heteroatoms. The van der Waals surface area contributed by atoms with Crippen LogP contribution in [0.25, 0.3) is 0 Å². The van der Waals surface area contributed by atoms with Gasteiger partial charge in [0.15, 0.2) is 0 Å². The normalized spacial score (nSPS) is 21.9. The molecule has 1 aliphatic carbocycles. The number of nitrogens with one attached hydrogen (secondary N) is 2. The van der Waals surface area contributed by atoms with Crippen LogP contribution in [-0.4, -0.2) is 29.7 Å². The molecule has 1 aliphatic rings. The number of aliphatic carboxylic acids is 1. The highest BCUT2D eigenvalue weighted by molar-refractivity contribution is 5.74. The summed E-state index contributed by atoms with van der Waals surface area (Å²) in [6, 6.07) is 0.275. The fourth-order valence-corrected chi connectivity index (χ4v) is 2.82. The van der Waals surface area contributed by atoms with Gasteiger partial charge in [-0.3, -0.25) is 4.79 Å². The average molecular weight is 298 g/mol. The van der Waals surface area contributed by atoms with Crippen molar-refractivity contribution in [2.75, 3.05) is 6.54 Å². The molecule has 3 unspecified atom stereocenters. The summed E-state index contributed by atoms with van der Waals surface area (Å²) >= 11 is 0. The van der Waals surface area contributed by atoms with E-state index in [9.17, 15) is 9.59 Å². The number of urea groups is 1. The van der Waals surface area contributed by atoms with Gasteiger partial charge in [0.2, 0.25) is 0 Å². The van der Waals surface area contributed by atoms with Crippen LogP contribution in [0.2, 0.25) is 0 Å². The number of carbonyl (C=O) groups is 2. The predicted molar refractivity (Wildman–Crippen MR) is 83.2 cm³/mol. The van der Waals surface area contributed by atoms with Crippen molar-refractivity contribution < 1.29 is 14.7 Å². The summed E-state index contributed by atoms with van der Waals surface area (Å²) in [5, 5.41) is 14.6. The number of carboxylic acids is 1. The summed E-state index contributed by atoms with van der Waals surface area (Å²) in [7, 11) is 0. The number of hydrogen-bond acceptors (Lipinski definition) is 2. The second kappa shape index (κ2) is 8.90. The van der Waals surface area contributed by atoms with Crippen LogP contribution in [0.5, 0.6) is 0 Å². The third kappa shape index (κ3) is 7.34. The quantitative estimate of drug-likeness (QED) is 0.580. The summed E-state index contributed by atoms with van der Waals surface area (Å²) in [5.74, 6) is 0.698. The fourth-order valence-electron chi connectivity index (χ4n) is 2.82. The minimum atomic E-state index is -0.748. The van der Waals surface area contributed by atoms with Crippen molar-refractivity contribution in [3.8, 4) is 0 Å². The van der Waals surface area contributed by atoms with Gasteiger partial charge in [0.25, 0.3) is 0 Å². The maximum absolute atomic E-state index is 11.7. The lowest BCUT2D eigenvalue weighted by Gasteiger charge is -2.20. The van der Waals surface area contributed by atoms with E-state index in [1.165, 1.54) is 12.8 Å². The van der Waals surface area contributed by atoms with Crippen molar-refractivity contribution in [3.05, 3.63) is 0 Å². The van der Waals surface area contributed by atoms with Gasteiger partial charge >= 0.3 is 12.0 Å². The molecule has 1 fully saturated rings. The maximum atomic E-state index is 11.7. The van der Waals surface area contributed by atoms with Gasteiger partial charge in [-0.1, -0.05) is 27.2 Å². The van der Waals surface area contributed by atoms with E-state index in [0.29, 0.717) is 36.8 Å². The Morgan fingerprint density at radius 2 is 2.00 bits per heavy atom. The Labute approximate surface area is 127 Å². The highest BCUT2D eigenvalue weighted by Gasteiger charge is 2.37. The smallest absolute Gasteiger partial charge is 0.315 e. The largest absolute Gasteiger partial charge is 0.481 e. The molecule has 21 heavy (non-hydrogen) atoms. The molecule has 3 atom stereocenters. The van der Waals surface area contributed by atoms with Crippen LogP contribution < -0.4 is 10.6 Å². The van der Waals surface area contributed by atoms with E-state index in [1.807, 2.05) is 0 Å². The molecule has 1 rings (SSSR count). The van der Waals surface area contributed by atoms with Gasteiger partial charge in [0, 0.05) is 19.0 Å². The lowest BCUT2D eigenvalue weighted by atomic mass is 9.88. The first kappa shape index (κ1) is 17.8. The number of carbonyl (C=O) groups excluding carboxylic acids is 1. The van der Waals surface area contributed by atoms with Gasteiger partial charge in [-0.05, 0) is 43.4 Å². The summed E-state index contributed by atoms with van der Waals surface area (Å²) < 4.78 is 0. The van der Waals surface area contributed by atoms with Crippen LogP contribution >= 0.6 is 0 Å². The van der Waals surface area contributed by atoms with Crippen molar-refractivity contribution in [2.24, 2.45) is 17.8 Å². The summed E-state index contributed by atoms with van der Waals surface area (Å²) in [4.78, 5) is 22.4. The summed E-state index contributed by atoms with van der Waals surface area (Å²) in [5.41, 5.74) is 0. The lowest BCUT2D eigenvalue weighted by molar-refractivity contribution is -0.137. The molecule has 122 valence electrons. The van der Waals surface area contributed by atoms with E-state index in [-0.39, 0.29) is 12.5 Å². The SMILES string of the molecule is CCCC1CC1NC(=O)NCCC(CCC(=O)O)C(C)C. The lowest BCUT2D eigenvalue weighted by Crippen LogP contribution is -2.38. The van der Waals surface area contributed by atoms with Crippen molar-refractivity contribution in [2.45, 2.75) is 65.3 Å². The van der Waals surface area contributed by atoms with Gasteiger partial charge < -0.3 is 15.7 Å². The standard InChI is InChI=1S/C16H30N2O3/c1-4-5-13-10-14(13)18-16(21)17-9-8-12(11(2)3)6-7-15(19)20/h11-14H,4-10H2,1-3H3,(H,19,20)(H2,17,18,21). The topological polar surface area (TPSA) is 78.4 Å². The molecular formula is C16H30N2O3. The van der Waals surface area contributed by atoms with Crippen molar-refractivity contribution in [1.82, 2.24) is 10.6 Å². The minimum absolute atomic E-state index is 0.0839. The van der Waals surface area contributed by atoms with E-state index >= 15 is 0 Å². The van der Waals surface area contributed by atoms with E-state index < -0.39 is 5.97 Å². The van der Waals surface area contributed by atoms with Crippen LogP contribution in [0.1, 0.15) is 59.3 Å². The molecule has 0 radical (unpaired) electrons. The van der Waals surface area contributed by atoms with E-state index in [1.54, 1.807) is 0 Å². The maximum Gasteiger partial charge on any atom is 0.315 e. The Bertz CT molecular complexity index is 344. The zero-order chi connectivity index (χ0) is 15.8. The molecule has 5 nitrogen and oxygen atoms in total. The molecule has 0 aromatic rings. The Kier molecular flexibility index (Phi) is 7.54. The highest BCUT2D eigenvalue weighted by atomic mass is 16.4. The van der Waals surface area contributed by atoms with Gasteiger partial charge in [0.05, 0.1) is 0 Å². The van der Waals surface area contributed by atoms with E-state index in [4.69, 9.17) is 5.11 Å². The first-order valence-electron chi connectivity index (χ1n) is 8.20. The number of hydrogen-bond donors (Lipinski definition) is 3. The van der Waals surface area contributed by atoms with Crippen LogP contribution in [0.15, 0.2) is 0 Å². The molecule has 1 saturated carbocycles. The van der Waals surface area contributed by atoms with E-state index in [0.717, 1.165) is 12.8 Å². The van der Waals surface area contributed by atoms with Gasteiger partial charge in [0.1, 0.15) is 0 Å². The van der Waals surface area contributed by atoms with Crippen LogP contribution in [0.3, 0.4) is 0 Å². The predicted octanol–water partition coefficient (Wildman–Crippen LogP) is 3.00. The van der Waals surface area contributed by atoms with Gasteiger partial charge in [-0.2, -0.15) is 0 Å². The molecule has 0 saturated heterocycles. The molecule has 0 aliphatic heterocycles. The molecule has 0 spiro atoms. The van der Waals surface area contributed by atoms with Crippen molar-refractivity contribution in [1.29, 1.82) is 0 Å². The van der Waals surface area contributed by atoms with E-state index in [2.05, 4.69) is 31.4 Å². The molecule has 0 heterocycles. The summed E-state index contributed by atoms with van der Waals surface area (Å²) in [6.07, 6.45) is 5.18. The average Bonchev–Trinajstić information content (AvgIpc) is 3.11. The minimum Gasteiger partial charge on any atom is -0.481 e. The fraction of sp³-hybridized carbons (Fsp3) is 0.875. The van der Waals surface area contributed by atoms with Gasteiger partial charge in [-0.15, -0.1) is 0 Å². The second-order valence-corrected chi connectivity index (χ2v) is 6.52. The van der Waals surface area contributed by atoms with Crippen molar-refractivity contribution in [3.63, 3.8) is 0 Å². The number of rotatable bonds is 10. The highest BCUT2D eigenvalue weighted by Crippen LogP contribution is 2.34. The molecule has 2 amide bonds. The second-order valence-electron chi connectivity index (χ2n) is 6.52.